The van der Waals surface area contributed by atoms with E-state index in [4.69, 9.17) is 0 Å². The lowest BCUT2D eigenvalue weighted by atomic mass is 9.85. The van der Waals surface area contributed by atoms with Crippen molar-refractivity contribution < 1.29 is 4.79 Å². The minimum absolute atomic E-state index is 0.0385. The van der Waals surface area contributed by atoms with Crippen LogP contribution in [0.3, 0.4) is 0 Å². The molecular formula is C21H22N2O. The van der Waals surface area contributed by atoms with Crippen LogP contribution < -0.4 is 5.32 Å². The van der Waals surface area contributed by atoms with E-state index < -0.39 is 0 Å². The van der Waals surface area contributed by atoms with Crippen molar-refractivity contribution in [1.29, 1.82) is 0 Å². The minimum atomic E-state index is 0.0385. The number of hydrogen-bond acceptors (Lipinski definition) is 1. The molecule has 1 aliphatic rings. The van der Waals surface area contributed by atoms with Gasteiger partial charge in [-0.25, -0.2) is 0 Å². The van der Waals surface area contributed by atoms with Gasteiger partial charge in [0.05, 0.1) is 0 Å². The zero-order valence-corrected chi connectivity index (χ0v) is 14.1. The summed E-state index contributed by atoms with van der Waals surface area (Å²) in [5, 5.41) is 4.40. The Balaban J connectivity index is 1.58. The third kappa shape index (κ3) is 2.50. The maximum absolute atomic E-state index is 12.8. The molecule has 24 heavy (non-hydrogen) atoms. The highest BCUT2D eigenvalue weighted by molar-refractivity contribution is 5.94. The van der Waals surface area contributed by atoms with Crippen LogP contribution in [0.4, 0.5) is 5.69 Å². The first-order valence-corrected chi connectivity index (χ1v) is 8.59. The number of carbonyl (C=O) groups is 1. The van der Waals surface area contributed by atoms with Gasteiger partial charge >= 0.3 is 0 Å². The first-order chi connectivity index (χ1) is 11.6. The van der Waals surface area contributed by atoms with Crippen LogP contribution in [-0.2, 0) is 17.6 Å². The molecule has 1 amide bonds. The highest BCUT2D eigenvalue weighted by atomic mass is 16.1. The predicted molar refractivity (Wildman–Crippen MR) is 98.4 cm³/mol. The molecule has 0 aliphatic heterocycles. The van der Waals surface area contributed by atoms with Gasteiger partial charge in [0.25, 0.3) is 0 Å². The number of carbonyl (C=O) groups excluding carboxylic acids is 1. The largest absolute Gasteiger partial charge is 0.358 e. The summed E-state index contributed by atoms with van der Waals surface area (Å²) in [5.74, 6) is 0.177. The molecule has 2 aromatic carbocycles. The number of aromatic nitrogens is 1. The van der Waals surface area contributed by atoms with Crippen molar-refractivity contribution >= 4 is 22.5 Å². The van der Waals surface area contributed by atoms with Gasteiger partial charge in [-0.3, -0.25) is 4.79 Å². The van der Waals surface area contributed by atoms with E-state index in [1.165, 1.54) is 27.7 Å². The lowest BCUT2D eigenvalue weighted by molar-refractivity contribution is -0.120. The van der Waals surface area contributed by atoms with Gasteiger partial charge in [-0.1, -0.05) is 30.3 Å². The average molecular weight is 318 g/mol. The van der Waals surface area contributed by atoms with E-state index in [1.807, 2.05) is 12.1 Å². The molecule has 3 aromatic rings. The quantitative estimate of drug-likeness (QED) is 0.716. The number of fused-ring (bicyclic) bond motifs is 3. The van der Waals surface area contributed by atoms with Crippen LogP contribution in [0.2, 0.25) is 0 Å². The molecule has 1 atom stereocenters. The summed E-state index contributed by atoms with van der Waals surface area (Å²) in [5.41, 5.74) is 7.08. The number of benzene rings is 2. The fourth-order valence-corrected chi connectivity index (χ4v) is 3.71. The first-order valence-electron chi connectivity index (χ1n) is 8.59. The fraction of sp³-hybridized carbons (Fsp3) is 0.286. The predicted octanol–water partition coefficient (Wildman–Crippen LogP) is 4.53. The summed E-state index contributed by atoms with van der Waals surface area (Å²) in [7, 11) is 0. The topological polar surface area (TPSA) is 44.9 Å². The van der Waals surface area contributed by atoms with E-state index in [-0.39, 0.29) is 11.8 Å². The van der Waals surface area contributed by atoms with Crippen LogP contribution >= 0.6 is 0 Å². The van der Waals surface area contributed by atoms with Gasteiger partial charge in [0.15, 0.2) is 0 Å². The van der Waals surface area contributed by atoms with Crippen LogP contribution in [-0.4, -0.2) is 10.9 Å². The molecule has 2 N–H and O–H groups in total. The second kappa shape index (κ2) is 5.82. The van der Waals surface area contributed by atoms with E-state index in [0.29, 0.717) is 0 Å². The molecule has 3 heteroatoms. The summed E-state index contributed by atoms with van der Waals surface area (Å²) in [6.45, 7) is 4.13. The van der Waals surface area contributed by atoms with Crippen molar-refractivity contribution in [1.82, 2.24) is 4.98 Å². The second-order valence-electron chi connectivity index (χ2n) is 6.80. The summed E-state index contributed by atoms with van der Waals surface area (Å²) in [4.78, 5) is 16.3. The Morgan fingerprint density at radius 3 is 2.83 bits per heavy atom. The van der Waals surface area contributed by atoms with Gasteiger partial charge in [-0.15, -0.1) is 0 Å². The zero-order valence-electron chi connectivity index (χ0n) is 14.1. The van der Waals surface area contributed by atoms with Gasteiger partial charge in [-0.2, -0.15) is 0 Å². The van der Waals surface area contributed by atoms with Gasteiger partial charge < -0.3 is 10.3 Å². The van der Waals surface area contributed by atoms with Crippen LogP contribution in [0.25, 0.3) is 10.9 Å². The molecule has 0 saturated carbocycles. The number of para-hydroxylation sites is 1. The average Bonchev–Trinajstić information content (AvgIpc) is 2.96. The molecule has 1 heterocycles. The number of rotatable bonds is 2. The number of hydrogen-bond donors (Lipinski definition) is 2. The number of anilines is 1. The monoisotopic (exact) mass is 318 g/mol. The van der Waals surface area contributed by atoms with Crippen molar-refractivity contribution in [2.45, 2.75) is 33.1 Å². The number of amides is 1. The molecule has 1 aromatic heterocycles. The summed E-state index contributed by atoms with van der Waals surface area (Å²) >= 11 is 0. The Labute approximate surface area is 142 Å². The van der Waals surface area contributed by atoms with Gasteiger partial charge in [0, 0.05) is 28.2 Å². The molecule has 0 spiro atoms. The third-order valence-corrected chi connectivity index (χ3v) is 5.33. The molecule has 1 aliphatic carbocycles. The second-order valence-corrected chi connectivity index (χ2v) is 6.80. The Hall–Kier alpha value is -2.55. The summed E-state index contributed by atoms with van der Waals surface area (Å²) in [6.07, 6.45) is 2.65. The number of H-pyrrole nitrogens is 1. The van der Waals surface area contributed by atoms with E-state index in [9.17, 15) is 4.79 Å². The number of aromatic amines is 1. The van der Waals surface area contributed by atoms with Crippen molar-refractivity contribution in [2.24, 2.45) is 5.92 Å². The van der Waals surface area contributed by atoms with E-state index >= 15 is 0 Å². The van der Waals surface area contributed by atoms with Gasteiger partial charge in [0.2, 0.25) is 5.91 Å². The zero-order chi connectivity index (χ0) is 16.7. The summed E-state index contributed by atoms with van der Waals surface area (Å²) < 4.78 is 0. The van der Waals surface area contributed by atoms with E-state index in [1.54, 1.807) is 0 Å². The normalized spacial score (nSPS) is 16.8. The van der Waals surface area contributed by atoms with E-state index in [0.717, 1.165) is 30.5 Å². The molecular weight excluding hydrogens is 296 g/mol. The van der Waals surface area contributed by atoms with Crippen molar-refractivity contribution in [2.75, 3.05) is 5.32 Å². The van der Waals surface area contributed by atoms with Crippen LogP contribution in [0, 0.1) is 19.8 Å². The highest BCUT2D eigenvalue weighted by Crippen LogP contribution is 2.32. The summed E-state index contributed by atoms with van der Waals surface area (Å²) in [6, 6.07) is 14.4. The maximum Gasteiger partial charge on any atom is 0.227 e. The first kappa shape index (κ1) is 15.0. The standard InChI is InChI=1S/C21H22N2O/c1-13-6-5-9-18(14(13)2)23-21(24)15-10-11-20-17(12-15)16-7-3-4-8-19(16)22-20/h3-9,15,22H,10-12H2,1-2H3,(H,23,24). The maximum atomic E-state index is 12.8. The number of aryl methyl sites for hydroxylation is 2. The molecule has 122 valence electrons. The molecule has 0 fully saturated rings. The van der Waals surface area contributed by atoms with Crippen LogP contribution in [0.15, 0.2) is 42.5 Å². The smallest absolute Gasteiger partial charge is 0.227 e. The molecule has 1 unspecified atom stereocenters. The highest BCUT2D eigenvalue weighted by Gasteiger charge is 2.27. The van der Waals surface area contributed by atoms with Gasteiger partial charge in [0.1, 0.15) is 0 Å². The lowest BCUT2D eigenvalue weighted by Gasteiger charge is -2.22. The Morgan fingerprint density at radius 2 is 1.96 bits per heavy atom. The lowest BCUT2D eigenvalue weighted by Crippen LogP contribution is -2.28. The third-order valence-electron chi connectivity index (χ3n) is 5.33. The Morgan fingerprint density at radius 1 is 1.12 bits per heavy atom. The van der Waals surface area contributed by atoms with Crippen molar-refractivity contribution in [3.05, 3.63) is 64.8 Å². The Kier molecular flexibility index (Phi) is 3.64. The van der Waals surface area contributed by atoms with Crippen LogP contribution in [0.5, 0.6) is 0 Å². The molecule has 0 saturated heterocycles. The molecule has 3 nitrogen and oxygen atoms in total. The fourth-order valence-electron chi connectivity index (χ4n) is 3.71. The van der Waals surface area contributed by atoms with Crippen molar-refractivity contribution in [3.8, 4) is 0 Å². The molecule has 0 bridgehead atoms. The van der Waals surface area contributed by atoms with Crippen LogP contribution in [0.1, 0.15) is 28.8 Å². The molecule has 0 radical (unpaired) electrons. The number of nitrogens with one attached hydrogen (secondary N) is 2. The van der Waals surface area contributed by atoms with E-state index in [2.05, 4.69) is 54.5 Å². The van der Waals surface area contributed by atoms with Gasteiger partial charge in [-0.05, 0) is 61.9 Å². The Bertz CT molecular complexity index is 923. The van der Waals surface area contributed by atoms with Crippen molar-refractivity contribution in [3.63, 3.8) is 0 Å². The minimum Gasteiger partial charge on any atom is -0.358 e. The SMILES string of the molecule is Cc1cccc(NC(=O)C2CCc3[nH]c4ccccc4c3C2)c1C. The molecule has 4 rings (SSSR count).